The van der Waals surface area contributed by atoms with Crippen molar-refractivity contribution < 1.29 is 18.0 Å². The molecule has 0 bridgehead atoms. The molecule has 0 atom stereocenters. The van der Waals surface area contributed by atoms with Gasteiger partial charge in [0.25, 0.3) is 5.91 Å². The third kappa shape index (κ3) is 5.29. The Hall–Kier alpha value is -3.75. The third-order valence-electron chi connectivity index (χ3n) is 4.57. The molecule has 2 aromatic carbocycles. The molecule has 166 valence electrons. The summed E-state index contributed by atoms with van der Waals surface area (Å²) >= 11 is 0. The second kappa shape index (κ2) is 9.17. The van der Waals surface area contributed by atoms with E-state index >= 15 is 0 Å². The summed E-state index contributed by atoms with van der Waals surface area (Å²) in [7, 11) is 0. The normalized spacial score (nSPS) is 11.3. The number of hydrogen-bond donors (Lipinski definition) is 3. The van der Waals surface area contributed by atoms with Crippen molar-refractivity contribution in [3.63, 3.8) is 0 Å². The van der Waals surface area contributed by atoms with Crippen LogP contribution in [0.1, 0.15) is 46.6 Å². The summed E-state index contributed by atoms with van der Waals surface area (Å²) in [6.07, 6.45) is -3.12. The predicted molar refractivity (Wildman–Crippen MR) is 117 cm³/mol. The number of aryl methyl sites for hydroxylation is 1. The Morgan fingerprint density at radius 2 is 1.72 bits per heavy atom. The van der Waals surface area contributed by atoms with Crippen molar-refractivity contribution in [2.75, 3.05) is 10.6 Å². The van der Waals surface area contributed by atoms with Gasteiger partial charge in [-0.1, -0.05) is 18.2 Å². The number of alkyl halides is 3. The number of carbonyl (C=O) groups is 1. The van der Waals surface area contributed by atoms with Crippen LogP contribution in [0.5, 0.6) is 0 Å². The smallest absolute Gasteiger partial charge is 0.367 e. The molecule has 0 saturated carbocycles. The largest absolute Gasteiger partial charge is 0.416 e. The number of nitrogens with zero attached hydrogens (tertiary/aromatic N) is 2. The summed E-state index contributed by atoms with van der Waals surface area (Å²) in [5.41, 5.74) is 1.14. The molecule has 1 aromatic heterocycles. The number of nitrogens with one attached hydrogen (secondary N) is 3. The standard InChI is InChI=1S/C23H22F3N5O/c1-13(2)30-21-19(14(3)28-12-29-21)20(27)15-6-5-9-18(11-15)31-22(32)16-7-4-8-17(10-16)23(24,25)26/h4-13,27H,1-3H3,(H,31,32)(H,28,29,30). The monoisotopic (exact) mass is 441 g/mol. The number of rotatable bonds is 6. The maximum Gasteiger partial charge on any atom is 0.416 e. The number of anilines is 2. The van der Waals surface area contributed by atoms with Crippen LogP contribution in [-0.4, -0.2) is 27.6 Å². The van der Waals surface area contributed by atoms with Crippen LogP contribution >= 0.6 is 0 Å². The van der Waals surface area contributed by atoms with Crippen molar-refractivity contribution in [3.05, 3.63) is 82.8 Å². The molecule has 0 spiro atoms. The number of amides is 1. The van der Waals surface area contributed by atoms with Gasteiger partial charge in [0, 0.05) is 22.9 Å². The van der Waals surface area contributed by atoms with Crippen LogP contribution in [0, 0.1) is 12.3 Å². The van der Waals surface area contributed by atoms with E-state index in [0.717, 1.165) is 12.1 Å². The van der Waals surface area contributed by atoms with Crippen molar-refractivity contribution in [2.45, 2.75) is 33.0 Å². The third-order valence-corrected chi connectivity index (χ3v) is 4.57. The minimum atomic E-state index is -4.54. The minimum absolute atomic E-state index is 0.0916. The number of aromatic nitrogens is 2. The highest BCUT2D eigenvalue weighted by atomic mass is 19.4. The lowest BCUT2D eigenvalue weighted by molar-refractivity contribution is -0.137. The number of hydrogen-bond acceptors (Lipinski definition) is 5. The molecule has 1 amide bonds. The molecule has 3 aromatic rings. The topological polar surface area (TPSA) is 90.8 Å². The molecule has 0 aliphatic carbocycles. The minimum Gasteiger partial charge on any atom is -0.367 e. The molecule has 0 aliphatic heterocycles. The molecule has 6 nitrogen and oxygen atoms in total. The van der Waals surface area contributed by atoms with Crippen LogP contribution in [0.15, 0.2) is 54.9 Å². The fraction of sp³-hybridized carbons (Fsp3) is 0.217. The molecule has 32 heavy (non-hydrogen) atoms. The first-order valence-electron chi connectivity index (χ1n) is 9.82. The van der Waals surface area contributed by atoms with E-state index in [0.29, 0.717) is 28.3 Å². The Morgan fingerprint density at radius 3 is 2.41 bits per heavy atom. The number of halogens is 3. The summed E-state index contributed by atoms with van der Waals surface area (Å²) in [6, 6.07) is 10.8. The fourth-order valence-corrected chi connectivity index (χ4v) is 3.09. The van der Waals surface area contributed by atoms with Crippen molar-refractivity contribution >= 4 is 23.1 Å². The van der Waals surface area contributed by atoms with Crippen LogP contribution in [0.2, 0.25) is 0 Å². The quantitative estimate of drug-likeness (QED) is 0.453. The lowest BCUT2D eigenvalue weighted by Crippen LogP contribution is -2.18. The summed E-state index contributed by atoms with van der Waals surface area (Å²) < 4.78 is 38.8. The maximum absolute atomic E-state index is 12.9. The summed E-state index contributed by atoms with van der Waals surface area (Å²) in [5, 5.41) is 14.5. The van der Waals surface area contributed by atoms with E-state index in [1.54, 1.807) is 31.2 Å². The molecular formula is C23H22F3N5O. The van der Waals surface area contributed by atoms with Crippen LogP contribution < -0.4 is 10.6 Å². The predicted octanol–water partition coefficient (Wildman–Crippen LogP) is 5.29. The first kappa shape index (κ1) is 22.9. The van der Waals surface area contributed by atoms with Gasteiger partial charge in [-0.05, 0) is 51.1 Å². The Bertz CT molecular complexity index is 1160. The van der Waals surface area contributed by atoms with Crippen molar-refractivity contribution in [3.8, 4) is 0 Å². The lowest BCUT2D eigenvalue weighted by atomic mass is 10.0. The Labute approximate surface area is 183 Å². The Morgan fingerprint density at radius 1 is 1.03 bits per heavy atom. The first-order valence-corrected chi connectivity index (χ1v) is 9.82. The zero-order valence-electron chi connectivity index (χ0n) is 17.7. The van der Waals surface area contributed by atoms with Crippen molar-refractivity contribution in [1.82, 2.24) is 9.97 Å². The van der Waals surface area contributed by atoms with E-state index in [9.17, 15) is 18.0 Å². The van der Waals surface area contributed by atoms with Gasteiger partial charge < -0.3 is 10.6 Å². The Balaban J connectivity index is 1.87. The van der Waals surface area contributed by atoms with Crippen LogP contribution in [0.3, 0.4) is 0 Å². The Kier molecular flexibility index (Phi) is 6.57. The van der Waals surface area contributed by atoms with Crippen molar-refractivity contribution in [1.29, 1.82) is 5.41 Å². The SMILES string of the molecule is Cc1ncnc(NC(C)C)c1C(=N)c1cccc(NC(=O)c2cccc(C(F)(F)F)c2)c1. The van der Waals surface area contributed by atoms with Gasteiger partial charge >= 0.3 is 6.18 Å². The van der Waals surface area contributed by atoms with Gasteiger partial charge in [-0.25, -0.2) is 9.97 Å². The van der Waals surface area contributed by atoms with E-state index in [4.69, 9.17) is 5.41 Å². The number of carbonyl (C=O) groups excluding carboxylic acids is 1. The van der Waals surface area contributed by atoms with E-state index in [2.05, 4.69) is 20.6 Å². The second-order valence-corrected chi connectivity index (χ2v) is 7.47. The van der Waals surface area contributed by atoms with Gasteiger partial charge in [-0.15, -0.1) is 0 Å². The summed E-state index contributed by atoms with van der Waals surface area (Å²) in [4.78, 5) is 20.9. The van der Waals surface area contributed by atoms with E-state index in [1.807, 2.05) is 13.8 Å². The first-order chi connectivity index (χ1) is 15.1. The van der Waals surface area contributed by atoms with E-state index < -0.39 is 17.6 Å². The molecule has 0 aliphatic rings. The average molecular weight is 441 g/mol. The number of benzene rings is 2. The molecule has 3 N–H and O–H groups in total. The van der Waals surface area contributed by atoms with Crippen LogP contribution in [0.25, 0.3) is 0 Å². The highest BCUT2D eigenvalue weighted by Gasteiger charge is 2.30. The molecule has 0 unspecified atom stereocenters. The van der Waals surface area contributed by atoms with E-state index in [-0.39, 0.29) is 17.3 Å². The van der Waals surface area contributed by atoms with Gasteiger partial charge in [0.1, 0.15) is 12.1 Å². The van der Waals surface area contributed by atoms with Gasteiger partial charge in [-0.2, -0.15) is 13.2 Å². The van der Waals surface area contributed by atoms with Crippen LogP contribution in [0.4, 0.5) is 24.7 Å². The molecule has 1 heterocycles. The zero-order valence-corrected chi connectivity index (χ0v) is 17.7. The molecule has 0 fully saturated rings. The van der Waals surface area contributed by atoms with E-state index in [1.165, 1.54) is 18.5 Å². The van der Waals surface area contributed by atoms with Gasteiger partial charge in [0.05, 0.1) is 22.5 Å². The maximum atomic E-state index is 12.9. The molecule has 9 heteroatoms. The van der Waals surface area contributed by atoms with Gasteiger partial charge in [-0.3, -0.25) is 10.2 Å². The average Bonchev–Trinajstić information content (AvgIpc) is 2.73. The molecule has 3 rings (SSSR count). The van der Waals surface area contributed by atoms with Crippen molar-refractivity contribution in [2.24, 2.45) is 0 Å². The van der Waals surface area contributed by atoms with Crippen LogP contribution in [-0.2, 0) is 6.18 Å². The molecular weight excluding hydrogens is 419 g/mol. The summed E-state index contributed by atoms with van der Waals surface area (Å²) in [6.45, 7) is 5.68. The fourth-order valence-electron chi connectivity index (χ4n) is 3.09. The van der Waals surface area contributed by atoms with Gasteiger partial charge in [0.15, 0.2) is 0 Å². The summed E-state index contributed by atoms with van der Waals surface area (Å²) in [5.74, 6) is -0.155. The highest BCUT2D eigenvalue weighted by Crippen LogP contribution is 2.30. The zero-order chi connectivity index (χ0) is 23.5. The lowest BCUT2D eigenvalue weighted by Gasteiger charge is -2.16. The van der Waals surface area contributed by atoms with Gasteiger partial charge in [0.2, 0.25) is 0 Å². The highest BCUT2D eigenvalue weighted by molar-refractivity contribution is 6.15. The molecule has 0 radical (unpaired) electrons. The second-order valence-electron chi connectivity index (χ2n) is 7.47. The molecule has 0 saturated heterocycles.